The second kappa shape index (κ2) is 7.01. The van der Waals surface area contributed by atoms with E-state index in [0.717, 1.165) is 0 Å². The number of ether oxygens (including phenoxy) is 3. The summed E-state index contributed by atoms with van der Waals surface area (Å²) >= 11 is 5.38. The van der Waals surface area contributed by atoms with Gasteiger partial charge >= 0.3 is 0 Å². The summed E-state index contributed by atoms with van der Waals surface area (Å²) in [5.41, 5.74) is 0. The van der Waals surface area contributed by atoms with Crippen LogP contribution in [0.3, 0.4) is 0 Å². The summed E-state index contributed by atoms with van der Waals surface area (Å²) in [6.07, 6.45) is 0.295. The van der Waals surface area contributed by atoms with Crippen LogP contribution in [0.4, 0.5) is 0 Å². The molecule has 0 atom stereocenters. The lowest BCUT2D eigenvalue weighted by molar-refractivity contribution is -0.117. The standard InChI is InChI=1S/C12H15ClO4/c1-15-10-5-11(16-2)7-12(6-10)17-4-3-9(14)8-13/h5-7H,3-4,8H2,1-2H3. The summed E-state index contributed by atoms with van der Waals surface area (Å²) < 4.78 is 15.6. The van der Waals surface area contributed by atoms with Gasteiger partial charge in [0, 0.05) is 24.6 Å². The molecule has 0 aliphatic rings. The maximum atomic E-state index is 11.0. The van der Waals surface area contributed by atoms with Crippen LogP contribution in [0.1, 0.15) is 6.42 Å². The first-order valence-corrected chi connectivity index (χ1v) is 5.66. The highest BCUT2D eigenvalue weighted by molar-refractivity contribution is 6.27. The van der Waals surface area contributed by atoms with Gasteiger partial charge in [-0.3, -0.25) is 4.79 Å². The monoisotopic (exact) mass is 258 g/mol. The molecule has 0 aliphatic heterocycles. The Hall–Kier alpha value is -1.42. The van der Waals surface area contributed by atoms with Gasteiger partial charge in [0.05, 0.1) is 26.7 Å². The van der Waals surface area contributed by atoms with Crippen LogP contribution in [0, 0.1) is 0 Å². The van der Waals surface area contributed by atoms with E-state index in [1.807, 2.05) is 0 Å². The third-order valence-corrected chi connectivity index (χ3v) is 2.42. The Kier molecular flexibility index (Phi) is 5.63. The fraction of sp³-hybridized carbons (Fsp3) is 0.417. The van der Waals surface area contributed by atoms with Gasteiger partial charge in [0.15, 0.2) is 5.78 Å². The Morgan fingerprint density at radius 2 is 1.65 bits per heavy atom. The number of alkyl halides is 1. The molecule has 0 aromatic heterocycles. The summed E-state index contributed by atoms with van der Waals surface area (Å²) in [5, 5.41) is 0. The van der Waals surface area contributed by atoms with Gasteiger partial charge in [0.1, 0.15) is 17.2 Å². The quantitative estimate of drug-likeness (QED) is 0.704. The number of carbonyl (C=O) groups is 1. The first-order valence-electron chi connectivity index (χ1n) is 5.13. The minimum absolute atomic E-state index is 0.0186. The number of benzene rings is 1. The molecule has 0 aliphatic carbocycles. The van der Waals surface area contributed by atoms with Gasteiger partial charge in [0.25, 0.3) is 0 Å². The number of halogens is 1. The molecule has 0 unspecified atom stereocenters. The van der Waals surface area contributed by atoms with E-state index >= 15 is 0 Å². The molecule has 0 heterocycles. The number of ketones is 1. The highest BCUT2D eigenvalue weighted by Gasteiger charge is 2.04. The predicted molar refractivity (Wildman–Crippen MR) is 65.4 cm³/mol. The second-order valence-corrected chi connectivity index (χ2v) is 3.59. The zero-order valence-corrected chi connectivity index (χ0v) is 10.6. The lowest BCUT2D eigenvalue weighted by atomic mass is 10.3. The van der Waals surface area contributed by atoms with Gasteiger partial charge in [0.2, 0.25) is 0 Å². The van der Waals surface area contributed by atoms with Crippen LogP contribution in [-0.2, 0) is 4.79 Å². The third kappa shape index (κ3) is 4.53. The number of rotatable bonds is 7. The molecule has 0 bridgehead atoms. The SMILES string of the molecule is COc1cc(OC)cc(OCCC(=O)CCl)c1. The fourth-order valence-corrected chi connectivity index (χ4v) is 1.35. The number of hydrogen-bond acceptors (Lipinski definition) is 4. The normalized spacial score (nSPS) is 9.82. The minimum Gasteiger partial charge on any atom is -0.496 e. The average Bonchev–Trinajstić information content (AvgIpc) is 2.37. The van der Waals surface area contributed by atoms with Crippen molar-refractivity contribution < 1.29 is 19.0 Å². The van der Waals surface area contributed by atoms with E-state index in [-0.39, 0.29) is 11.7 Å². The van der Waals surface area contributed by atoms with Crippen LogP contribution < -0.4 is 14.2 Å². The van der Waals surface area contributed by atoms with E-state index < -0.39 is 0 Å². The van der Waals surface area contributed by atoms with E-state index in [1.54, 1.807) is 32.4 Å². The number of hydrogen-bond donors (Lipinski definition) is 0. The molecule has 0 spiro atoms. The molecule has 5 heteroatoms. The van der Waals surface area contributed by atoms with Crippen LogP contribution >= 0.6 is 11.6 Å². The van der Waals surface area contributed by atoms with Crippen molar-refractivity contribution in [3.8, 4) is 17.2 Å². The molecule has 94 valence electrons. The number of Topliss-reactive ketones (excluding diaryl/α,β-unsaturated/α-hetero) is 1. The summed E-state index contributed by atoms with van der Waals surface area (Å²) in [6, 6.07) is 5.21. The Balaban J connectivity index is 2.60. The average molecular weight is 259 g/mol. The van der Waals surface area contributed by atoms with Crippen molar-refractivity contribution in [1.82, 2.24) is 0 Å². The molecule has 0 saturated carbocycles. The molecule has 4 nitrogen and oxygen atoms in total. The molecule has 0 amide bonds. The Morgan fingerprint density at radius 3 is 2.12 bits per heavy atom. The smallest absolute Gasteiger partial charge is 0.150 e. The molecule has 1 aromatic carbocycles. The number of carbonyl (C=O) groups excluding carboxylic acids is 1. The summed E-state index contributed by atoms with van der Waals surface area (Å²) in [6.45, 7) is 0.294. The molecule has 0 fully saturated rings. The van der Waals surface area contributed by atoms with Gasteiger partial charge in [-0.25, -0.2) is 0 Å². The van der Waals surface area contributed by atoms with Gasteiger partial charge in [-0.15, -0.1) is 11.6 Å². The summed E-state index contributed by atoms with van der Waals surface area (Å²) in [4.78, 5) is 11.0. The lowest BCUT2D eigenvalue weighted by Crippen LogP contribution is -2.07. The molecule has 17 heavy (non-hydrogen) atoms. The van der Waals surface area contributed by atoms with Crippen molar-refractivity contribution in [3.05, 3.63) is 18.2 Å². The largest absolute Gasteiger partial charge is 0.496 e. The maximum Gasteiger partial charge on any atom is 0.150 e. The summed E-state index contributed by atoms with van der Waals surface area (Å²) in [7, 11) is 3.13. The highest BCUT2D eigenvalue weighted by Crippen LogP contribution is 2.27. The van der Waals surface area contributed by atoms with Crippen molar-refractivity contribution in [1.29, 1.82) is 0 Å². The maximum absolute atomic E-state index is 11.0. The Bertz CT molecular complexity index is 357. The van der Waals surface area contributed by atoms with Crippen LogP contribution in [0.15, 0.2) is 18.2 Å². The van der Waals surface area contributed by atoms with Crippen molar-refractivity contribution in [2.75, 3.05) is 26.7 Å². The van der Waals surface area contributed by atoms with Crippen LogP contribution in [0.5, 0.6) is 17.2 Å². The zero-order valence-electron chi connectivity index (χ0n) is 9.86. The molecule has 0 N–H and O–H groups in total. The van der Waals surface area contributed by atoms with Crippen LogP contribution in [0.25, 0.3) is 0 Å². The highest BCUT2D eigenvalue weighted by atomic mass is 35.5. The van der Waals surface area contributed by atoms with E-state index in [4.69, 9.17) is 25.8 Å². The van der Waals surface area contributed by atoms with Gasteiger partial charge in [-0.05, 0) is 0 Å². The molecule has 1 rings (SSSR count). The van der Waals surface area contributed by atoms with Crippen LogP contribution in [0.2, 0.25) is 0 Å². The van der Waals surface area contributed by atoms with Crippen LogP contribution in [-0.4, -0.2) is 32.5 Å². The molecule has 0 saturated heterocycles. The summed E-state index contributed by atoms with van der Waals surface area (Å²) in [5.74, 6) is 1.86. The minimum atomic E-state index is -0.0403. The van der Waals surface area contributed by atoms with Gasteiger partial charge in [-0.1, -0.05) is 0 Å². The van der Waals surface area contributed by atoms with E-state index in [0.29, 0.717) is 30.3 Å². The van der Waals surface area contributed by atoms with Crippen molar-refractivity contribution in [2.24, 2.45) is 0 Å². The van der Waals surface area contributed by atoms with Gasteiger partial charge in [-0.2, -0.15) is 0 Å². The second-order valence-electron chi connectivity index (χ2n) is 3.32. The zero-order chi connectivity index (χ0) is 12.7. The molecule has 1 aromatic rings. The van der Waals surface area contributed by atoms with Crippen molar-refractivity contribution in [2.45, 2.75) is 6.42 Å². The van der Waals surface area contributed by atoms with E-state index in [2.05, 4.69) is 0 Å². The van der Waals surface area contributed by atoms with Crippen molar-refractivity contribution in [3.63, 3.8) is 0 Å². The first-order chi connectivity index (χ1) is 8.19. The lowest BCUT2D eigenvalue weighted by Gasteiger charge is -2.09. The van der Waals surface area contributed by atoms with E-state index in [9.17, 15) is 4.79 Å². The third-order valence-electron chi connectivity index (χ3n) is 2.12. The Morgan fingerprint density at radius 1 is 1.12 bits per heavy atom. The predicted octanol–water partition coefficient (Wildman–Crippen LogP) is 2.28. The molecular weight excluding hydrogens is 244 g/mol. The Labute approximate surface area is 105 Å². The number of methoxy groups -OCH3 is 2. The molecular formula is C12H15ClO4. The van der Waals surface area contributed by atoms with Gasteiger partial charge < -0.3 is 14.2 Å². The molecule has 0 radical (unpaired) electrons. The first kappa shape index (κ1) is 13.6. The fourth-order valence-electron chi connectivity index (χ4n) is 1.21. The topological polar surface area (TPSA) is 44.8 Å². The van der Waals surface area contributed by atoms with E-state index in [1.165, 1.54) is 0 Å². The van der Waals surface area contributed by atoms with Crippen molar-refractivity contribution >= 4 is 17.4 Å².